The van der Waals surface area contributed by atoms with Gasteiger partial charge in [-0.15, -0.1) is 0 Å². The third-order valence-corrected chi connectivity index (χ3v) is 7.64. The fourth-order valence-corrected chi connectivity index (χ4v) is 5.59. The van der Waals surface area contributed by atoms with Gasteiger partial charge in [0.25, 0.3) is 5.56 Å². The van der Waals surface area contributed by atoms with Gasteiger partial charge < -0.3 is 0 Å². The summed E-state index contributed by atoms with van der Waals surface area (Å²) in [6.45, 7) is 0. The summed E-state index contributed by atoms with van der Waals surface area (Å²) >= 11 is 0. The van der Waals surface area contributed by atoms with Gasteiger partial charge in [-0.1, -0.05) is 109 Å². The van der Waals surface area contributed by atoms with E-state index in [-0.39, 0.29) is 5.56 Å². The first-order valence-electron chi connectivity index (χ1n) is 14.0. The van der Waals surface area contributed by atoms with Crippen LogP contribution in [-0.4, -0.2) is 24.3 Å². The van der Waals surface area contributed by atoms with Gasteiger partial charge >= 0.3 is 0 Å². The molecule has 0 radical (unpaired) electrons. The molecule has 3 heterocycles. The second kappa shape index (κ2) is 10.1. The fourth-order valence-electron chi connectivity index (χ4n) is 5.59. The summed E-state index contributed by atoms with van der Waals surface area (Å²) in [6, 6.07) is 45.4. The second-order valence-corrected chi connectivity index (χ2v) is 10.3. The van der Waals surface area contributed by atoms with Crippen LogP contribution in [-0.2, 0) is 0 Å². The van der Waals surface area contributed by atoms with Gasteiger partial charge in [0.15, 0.2) is 17.5 Å². The first-order chi connectivity index (χ1) is 21.2. The molecule has 0 saturated heterocycles. The summed E-state index contributed by atoms with van der Waals surface area (Å²) in [5.74, 6) is 1.75. The van der Waals surface area contributed by atoms with Gasteiger partial charge in [0.05, 0.1) is 16.4 Å². The Kier molecular flexibility index (Phi) is 5.83. The third kappa shape index (κ3) is 4.33. The molecule has 202 valence electrons. The Morgan fingerprint density at radius 3 is 1.77 bits per heavy atom. The van der Waals surface area contributed by atoms with Crippen LogP contribution in [0, 0.1) is 0 Å². The summed E-state index contributed by atoms with van der Waals surface area (Å²) in [5, 5.41) is 1.55. The van der Waals surface area contributed by atoms with E-state index < -0.39 is 0 Å². The summed E-state index contributed by atoms with van der Waals surface area (Å²) < 4.78 is 1.70. The molecule has 6 nitrogen and oxygen atoms in total. The molecule has 0 spiro atoms. The Bertz CT molecular complexity index is 2310. The highest BCUT2D eigenvalue weighted by Crippen LogP contribution is 2.31. The van der Waals surface area contributed by atoms with Crippen molar-refractivity contribution in [3.63, 3.8) is 0 Å². The average Bonchev–Trinajstić information content (AvgIpc) is 3.08. The zero-order valence-electron chi connectivity index (χ0n) is 22.9. The standard InChI is InChI=1S/C37H23N5O/c43-37-33-29(18-10-19-30(33)38-32-22-21-24-11-7-8-20-31(24)42(32)37)27-16-9-17-28(23-27)36-40-34(25-12-3-1-4-13-25)39-35(41-36)26-14-5-2-6-15-26/h1-23H. The molecular formula is C37H23N5O. The van der Waals surface area contributed by atoms with Crippen molar-refractivity contribution in [3.8, 4) is 45.3 Å². The highest BCUT2D eigenvalue weighted by Gasteiger charge is 2.16. The van der Waals surface area contributed by atoms with E-state index in [1.165, 1.54) is 0 Å². The maximum absolute atomic E-state index is 14.1. The lowest BCUT2D eigenvalue weighted by atomic mass is 9.99. The van der Waals surface area contributed by atoms with Crippen LogP contribution in [0.1, 0.15) is 0 Å². The lowest BCUT2D eigenvalue weighted by Gasteiger charge is -2.12. The van der Waals surface area contributed by atoms with Crippen LogP contribution in [0.3, 0.4) is 0 Å². The summed E-state index contributed by atoms with van der Waals surface area (Å²) in [6.07, 6.45) is 0. The molecule has 5 aromatic carbocycles. The Hall–Kier alpha value is -6.01. The number of nitrogens with zero attached hydrogens (tertiary/aromatic N) is 5. The molecule has 0 aliphatic carbocycles. The Morgan fingerprint density at radius 1 is 0.465 bits per heavy atom. The topological polar surface area (TPSA) is 73.0 Å². The number of fused-ring (bicyclic) bond motifs is 4. The van der Waals surface area contributed by atoms with Crippen LogP contribution in [0.5, 0.6) is 0 Å². The van der Waals surface area contributed by atoms with Gasteiger partial charge in [0.2, 0.25) is 0 Å². The van der Waals surface area contributed by atoms with Crippen LogP contribution < -0.4 is 5.56 Å². The van der Waals surface area contributed by atoms with E-state index >= 15 is 0 Å². The van der Waals surface area contributed by atoms with Crippen molar-refractivity contribution in [3.05, 3.63) is 150 Å². The highest BCUT2D eigenvalue weighted by atomic mass is 16.1. The van der Waals surface area contributed by atoms with Crippen LogP contribution in [0.25, 0.3) is 72.7 Å². The predicted octanol–water partition coefficient (Wildman–Crippen LogP) is 7.85. The Morgan fingerprint density at radius 2 is 1.05 bits per heavy atom. The maximum atomic E-state index is 14.1. The third-order valence-electron chi connectivity index (χ3n) is 7.64. The van der Waals surface area contributed by atoms with E-state index in [2.05, 4.69) is 0 Å². The summed E-state index contributed by atoms with van der Waals surface area (Å²) in [5.41, 5.74) is 6.33. The monoisotopic (exact) mass is 553 g/mol. The minimum Gasteiger partial charge on any atom is -0.268 e. The molecule has 0 saturated carbocycles. The van der Waals surface area contributed by atoms with Crippen LogP contribution in [0.15, 0.2) is 144 Å². The molecule has 3 aromatic heterocycles. The van der Waals surface area contributed by atoms with Gasteiger partial charge in [-0.25, -0.2) is 19.9 Å². The smallest absolute Gasteiger partial charge is 0.266 e. The van der Waals surface area contributed by atoms with E-state index in [4.69, 9.17) is 19.9 Å². The van der Waals surface area contributed by atoms with Gasteiger partial charge in [-0.2, -0.15) is 0 Å². The second-order valence-electron chi connectivity index (χ2n) is 10.3. The average molecular weight is 554 g/mol. The lowest BCUT2D eigenvalue weighted by Crippen LogP contribution is -2.16. The van der Waals surface area contributed by atoms with E-state index in [1.807, 2.05) is 140 Å². The minimum absolute atomic E-state index is 0.101. The molecule has 0 amide bonds. The van der Waals surface area contributed by atoms with Crippen molar-refractivity contribution in [2.45, 2.75) is 0 Å². The van der Waals surface area contributed by atoms with Gasteiger partial charge in [-0.05, 0) is 46.8 Å². The van der Waals surface area contributed by atoms with Crippen molar-refractivity contribution >= 4 is 27.5 Å². The first kappa shape index (κ1) is 24.8. The first-order valence-corrected chi connectivity index (χ1v) is 14.0. The van der Waals surface area contributed by atoms with E-state index in [1.54, 1.807) is 4.40 Å². The highest BCUT2D eigenvalue weighted by molar-refractivity contribution is 5.96. The van der Waals surface area contributed by atoms with Crippen molar-refractivity contribution in [2.24, 2.45) is 0 Å². The Labute approximate surface area is 246 Å². The molecule has 0 unspecified atom stereocenters. The number of para-hydroxylation sites is 1. The number of rotatable bonds is 4. The van der Waals surface area contributed by atoms with Crippen LogP contribution in [0.4, 0.5) is 0 Å². The van der Waals surface area contributed by atoms with E-state index in [9.17, 15) is 4.79 Å². The SMILES string of the molecule is O=c1c2c(-c3cccc(-c4nc(-c5ccccc5)nc(-c5ccccc5)n4)c3)cccc2nc2ccc3ccccc3n12. The zero-order valence-corrected chi connectivity index (χ0v) is 22.9. The molecule has 8 rings (SSSR count). The van der Waals surface area contributed by atoms with Gasteiger partial charge in [0.1, 0.15) is 5.65 Å². The number of hydrogen-bond donors (Lipinski definition) is 0. The van der Waals surface area contributed by atoms with E-state index in [0.29, 0.717) is 34.0 Å². The number of aromatic nitrogens is 5. The molecule has 6 heteroatoms. The summed E-state index contributed by atoms with van der Waals surface area (Å²) in [7, 11) is 0. The fraction of sp³-hybridized carbons (Fsp3) is 0. The molecule has 0 atom stereocenters. The van der Waals surface area contributed by atoms with E-state index in [0.717, 1.165) is 38.7 Å². The molecule has 0 N–H and O–H groups in total. The van der Waals surface area contributed by atoms with Crippen molar-refractivity contribution in [1.82, 2.24) is 24.3 Å². The predicted molar refractivity (Wildman–Crippen MR) is 172 cm³/mol. The van der Waals surface area contributed by atoms with Gasteiger partial charge in [-0.3, -0.25) is 9.20 Å². The summed E-state index contributed by atoms with van der Waals surface area (Å²) in [4.78, 5) is 33.6. The Balaban J connectivity index is 1.33. The number of benzene rings is 5. The zero-order chi connectivity index (χ0) is 28.8. The van der Waals surface area contributed by atoms with Crippen molar-refractivity contribution < 1.29 is 0 Å². The molecule has 0 aliphatic rings. The lowest BCUT2D eigenvalue weighted by molar-refractivity contribution is 1.07. The largest absolute Gasteiger partial charge is 0.268 e. The molecule has 0 fully saturated rings. The minimum atomic E-state index is -0.101. The molecule has 43 heavy (non-hydrogen) atoms. The van der Waals surface area contributed by atoms with Crippen LogP contribution in [0.2, 0.25) is 0 Å². The number of pyridine rings is 1. The number of hydrogen-bond acceptors (Lipinski definition) is 5. The molecule has 0 bridgehead atoms. The van der Waals surface area contributed by atoms with Gasteiger partial charge in [0, 0.05) is 16.7 Å². The normalized spacial score (nSPS) is 11.3. The van der Waals surface area contributed by atoms with Crippen LogP contribution >= 0.6 is 0 Å². The molecule has 8 aromatic rings. The maximum Gasteiger partial charge on any atom is 0.266 e. The molecular weight excluding hydrogens is 530 g/mol. The molecule has 0 aliphatic heterocycles. The van der Waals surface area contributed by atoms with Crippen molar-refractivity contribution in [2.75, 3.05) is 0 Å². The quantitative estimate of drug-likeness (QED) is 0.164. The van der Waals surface area contributed by atoms with Crippen molar-refractivity contribution in [1.29, 1.82) is 0 Å².